The van der Waals surface area contributed by atoms with Crippen molar-refractivity contribution in [3.05, 3.63) is 267 Å². The summed E-state index contributed by atoms with van der Waals surface area (Å²) < 4.78 is 4.84. The zero-order chi connectivity index (χ0) is 44.3. The van der Waals surface area contributed by atoms with Crippen LogP contribution in [0.1, 0.15) is 0 Å². The van der Waals surface area contributed by atoms with Crippen molar-refractivity contribution in [1.82, 2.24) is 9.13 Å². The van der Waals surface area contributed by atoms with E-state index in [2.05, 4.69) is 276 Å². The Morgan fingerprint density at radius 3 is 1.22 bits per heavy atom. The molecule has 0 aliphatic carbocycles. The van der Waals surface area contributed by atoms with Gasteiger partial charge in [0.1, 0.15) is 0 Å². The summed E-state index contributed by atoms with van der Waals surface area (Å²) in [7, 11) is -2.79. The van der Waals surface area contributed by atoms with Crippen LogP contribution in [0.4, 0.5) is 0 Å². The van der Waals surface area contributed by atoms with Crippen LogP contribution in [0.5, 0.6) is 0 Å². The second kappa shape index (κ2) is 15.9. The molecule has 3 heteroatoms. The number of benzene rings is 11. The number of nitrogens with zero attached hydrogens (tertiary/aromatic N) is 2. The minimum atomic E-state index is -2.79. The van der Waals surface area contributed by atoms with Gasteiger partial charge in [-0.2, -0.15) is 0 Å². The topological polar surface area (TPSA) is 9.86 Å². The smallest absolute Gasteiger partial charge is 0.179 e. The lowest BCUT2D eigenvalue weighted by molar-refractivity contribution is 1.18. The van der Waals surface area contributed by atoms with Crippen LogP contribution in [0.25, 0.3) is 88.0 Å². The first-order valence-corrected chi connectivity index (χ1v) is 25.2. The van der Waals surface area contributed by atoms with E-state index in [4.69, 9.17) is 0 Å². The predicted molar refractivity (Wildman–Crippen MR) is 287 cm³/mol. The van der Waals surface area contributed by atoms with Crippen molar-refractivity contribution in [3.63, 3.8) is 0 Å². The zero-order valence-corrected chi connectivity index (χ0v) is 37.8. The van der Waals surface area contributed by atoms with Crippen molar-refractivity contribution in [2.45, 2.75) is 0 Å². The molecule has 2 heterocycles. The van der Waals surface area contributed by atoms with Crippen LogP contribution in [-0.2, 0) is 0 Å². The zero-order valence-electron chi connectivity index (χ0n) is 36.8. The largest absolute Gasteiger partial charge is 0.309 e. The third-order valence-electron chi connectivity index (χ3n) is 14.0. The van der Waals surface area contributed by atoms with Crippen LogP contribution in [0.2, 0.25) is 0 Å². The van der Waals surface area contributed by atoms with Crippen molar-refractivity contribution < 1.29 is 0 Å². The van der Waals surface area contributed by atoms with E-state index in [1.807, 2.05) is 0 Å². The highest BCUT2D eigenvalue weighted by Gasteiger charge is 2.41. The minimum absolute atomic E-state index is 1.16. The number of hydrogen-bond acceptors (Lipinski definition) is 0. The van der Waals surface area contributed by atoms with E-state index in [-0.39, 0.29) is 0 Å². The monoisotopic (exact) mass is 868 g/mol. The molecule has 0 aliphatic rings. The highest BCUT2D eigenvalue weighted by Crippen LogP contribution is 2.38. The standard InChI is InChI=1S/C64H44N2Si/c1-5-19-51(20-6-1)65-61-28-16-15-27-57(61)58-42-49(34-38-62(58)65)46-29-31-47(32-30-46)50-35-39-63-59(43-50)60-44-56(37-40-64(60)66(63)52-36-33-45-17-13-14-18-48(45)41-52)67(53-21-7-2-8-22-53,54-23-9-3-10-24-54)55-25-11-4-12-26-55/h1-44H. The molecule has 11 aromatic carbocycles. The molecule has 0 bridgehead atoms. The molecule has 2 aromatic heterocycles. The molecule has 0 saturated heterocycles. The Hall–Kier alpha value is -8.50. The molecule has 67 heavy (non-hydrogen) atoms. The van der Waals surface area contributed by atoms with E-state index in [1.54, 1.807) is 0 Å². The SMILES string of the molecule is c1ccc(-n2c3ccccc3c3cc(-c4ccc(-c5ccc6c(c5)c5cc([Si](c7ccccc7)(c7ccccc7)c7ccccc7)ccc5n6-c5ccc6ccccc6c5)cc4)ccc32)cc1. The summed E-state index contributed by atoms with van der Waals surface area (Å²) in [6.07, 6.45) is 0. The van der Waals surface area contributed by atoms with Gasteiger partial charge in [0.05, 0.1) is 22.1 Å². The maximum atomic E-state index is 2.53. The van der Waals surface area contributed by atoms with Gasteiger partial charge in [-0.05, 0) is 114 Å². The predicted octanol–water partition coefficient (Wildman–Crippen LogP) is 13.7. The van der Waals surface area contributed by atoms with Gasteiger partial charge in [-0.25, -0.2) is 0 Å². The molecule has 13 aromatic rings. The second-order valence-electron chi connectivity index (χ2n) is 17.7. The van der Waals surface area contributed by atoms with Gasteiger partial charge in [0.15, 0.2) is 8.07 Å². The third-order valence-corrected chi connectivity index (χ3v) is 18.8. The Morgan fingerprint density at radius 1 is 0.224 bits per heavy atom. The molecular formula is C64H44N2Si. The van der Waals surface area contributed by atoms with Crippen LogP contribution in [0.15, 0.2) is 267 Å². The molecule has 0 saturated carbocycles. The van der Waals surface area contributed by atoms with Gasteiger partial charge in [-0.3, -0.25) is 0 Å². The van der Waals surface area contributed by atoms with Crippen LogP contribution >= 0.6 is 0 Å². The van der Waals surface area contributed by atoms with E-state index >= 15 is 0 Å². The summed E-state index contributed by atoms with van der Waals surface area (Å²) in [6.45, 7) is 0. The van der Waals surface area contributed by atoms with E-state index in [0.717, 1.165) is 5.69 Å². The molecule has 0 aliphatic heterocycles. The molecule has 314 valence electrons. The van der Waals surface area contributed by atoms with Gasteiger partial charge < -0.3 is 9.13 Å². The average molecular weight is 869 g/mol. The van der Waals surface area contributed by atoms with E-state index < -0.39 is 8.07 Å². The Bertz CT molecular complexity index is 3850. The quantitative estimate of drug-likeness (QED) is 0.106. The average Bonchev–Trinajstić information content (AvgIpc) is 3.92. The van der Waals surface area contributed by atoms with Gasteiger partial charge in [-0.1, -0.05) is 206 Å². The van der Waals surface area contributed by atoms with Crippen LogP contribution < -0.4 is 20.7 Å². The summed E-state index contributed by atoms with van der Waals surface area (Å²) in [5, 5.41) is 12.9. The third kappa shape index (κ3) is 6.31. The fourth-order valence-corrected chi connectivity index (χ4v) is 15.7. The van der Waals surface area contributed by atoms with Crippen LogP contribution in [0, 0.1) is 0 Å². The molecule has 2 nitrogen and oxygen atoms in total. The normalized spacial score (nSPS) is 11.9. The highest BCUT2D eigenvalue weighted by atomic mass is 28.3. The van der Waals surface area contributed by atoms with Crippen LogP contribution in [-0.4, -0.2) is 17.2 Å². The Morgan fingerprint density at radius 2 is 0.642 bits per heavy atom. The fourth-order valence-electron chi connectivity index (χ4n) is 11.0. The van der Waals surface area contributed by atoms with Crippen molar-refractivity contribution >= 4 is 83.2 Å². The first kappa shape index (κ1) is 38.9. The van der Waals surface area contributed by atoms with Crippen LogP contribution in [0.3, 0.4) is 0 Å². The van der Waals surface area contributed by atoms with Gasteiger partial charge >= 0.3 is 0 Å². The second-order valence-corrected chi connectivity index (χ2v) is 21.5. The molecule has 0 fully saturated rings. The van der Waals surface area contributed by atoms with Gasteiger partial charge in [0.25, 0.3) is 0 Å². The summed E-state index contributed by atoms with van der Waals surface area (Å²) in [5.74, 6) is 0. The number of aromatic nitrogens is 2. The number of para-hydroxylation sites is 2. The molecule has 0 spiro atoms. The number of rotatable bonds is 8. The maximum absolute atomic E-state index is 2.79. The molecule has 13 rings (SSSR count). The first-order chi connectivity index (χ1) is 33.2. The fraction of sp³-hybridized carbons (Fsp3) is 0. The van der Waals surface area contributed by atoms with E-state index in [1.165, 1.54) is 103 Å². The van der Waals surface area contributed by atoms with Crippen molar-refractivity contribution in [2.24, 2.45) is 0 Å². The molecule has 0 atom stereocenters. The Kier molecular flexibility index (Phi) is 9.22. The van der Waals surface area contributed by atoms with Gasteiger partial charge in [-0.15, -0.1) is 0 Å². The minimum Gasteiger partial charge on any atom is -0.309 e. The summed E-state index contributed by atoms with van der Waals surface area (Å²) in [6, 6.07) is 99.1. The lowest BCUT2D eigenvalue weighted by atomic mass is 9.98. The number of hydrogen-bond donors (Lipinski definition) is 0. The first-order valence-electron chi connectivity index (χ1n) is 23.2. The maximum Gasteiger partial charge on any atom is 0.179 e. The van der Waals surface area contributed by atoms with Gasteiger partial charge in [0.2, 0.25) is 0 Å². The van der Waals surface area contributed by atoms with Crippen molar-refractivity contribution in [1.29, 1.82) is 0 Å². The van der Waals surface area contributed by atoms with E-state index in [9.17, 15) is 0 Å². The summed E-state index contributed by atoms with van der Waals surface area (Å²) >= 11 is 0. The summed E-state index contributed by atoms with van der Waals surface area (Å²) in [4.78, 5) is 0. The lowest BCUT2D eigenvalue weighted by Crippen LogP contribution is -2.74. The number of fused-ring (bicyclic) bond motifs is 7. The molecule has 0 unspecified atom stereocenters. The molecule has 0 N–H and O–H groups in total. The lowest BCUT2D eigenvalue weighted by Gasteiger charge is -2.34. The molecule has 0 radical (unpaired) electrons. The summed E-state index contributed by atoms with van der Waals surface area (Å²) in [5.41, 5.74) is 11.9. The van der Waals surface area contributed by atoms with Gasteiger partial charge in [0, 0.05) is 32.9 Å². The Balaban J connectivity index is 0.984. The molecule has 0 amide bonds. The van der Waals surface area contributed by atoms with E-state index in [0.29, 0.717) is 0 Å². The van der Waals surface area contributed by atoms with Crippen molar-refractivity contribution in [2.75, 3.05) is 0 Å². The highest BCUT2D eigenvalue weighted by molar-refractivity contribution is 7.20. The van der Waals surface area contributed by atoms with Crippen molar-refractivity contribution in [3.8, 4) is 33.6 Å². The Labute approximate surface area is 390 Å². The molecular weight excluding hydrogens is 825 g/mol.